The number of rotatable bonds is 4. The minimum atomic E-state index is -0.432. The van der Waals surface area contributed by atoms with Gasteiger partial charge in [0, 0.05) is 38.7 Å². The van der Waals surface area contributed by atoms with Crippen molar-refractivity contribution >= 4 is 11.9 Å². The maximum atomic E-state index is 12.5. The molecule has 1 aromatic heterocycles. The lowest BCUT2D eigenvalue weighted by molar-refractivity contribution is -0.169. The van der Waals surface area contributed by atoms with Crippen LogP contribution in [0.15, 0.2) is 36.5 Å². The molecule has 7 nitrogen and oxygen atoms in total. The molecule has 0 radical (unpaired) electrons. The Morgan fingerprint density at radius 1 is 1.19 bits per heavy atom. The Morgan fingerprint density at radius 2 is 1.93 bits per heavy atom. The van der Waals surface area contributed by atoms with Crippen LogP contribution in [0.5, 0.6) is 0 Å². The molecule has 0 atom stereocenters. The first-order valence-corrected chi connectivity index (χ1v) is 9.34. The summed E-state index contributed by atoms with van der Waals surface area (Å²) in [6, 6.07) is 9.65. The summed E-state index contributed by atoms with van der Waals surface area (Å²) in [5, 5.41) is 2.94. The van der Waals surface area contributed by atoms with Crippen molar-refractivity contribution in [3.63, 3.8) is 0 Å². The lowest BCUT2D eigenvalue weighted by Gasteiger charge is -2.37. The monoisotopic (exact) mass is 368 g/mol. The van der Waals surface area contributed by atoms with E-state index in [9.17, 15) is 4.79 Å². The molecule has 2 fully saturated rings. The van der Waals surface area contributed by atoms with Gasteiger partial charge in [-0.25, -0.2) is 9.97 Å². The van der Waals surface area contributed by atoms with Gasteiger partial charge in [0.05, 0.1) is 13.2 Å². The summed E-state index contributed by atoms with van der Waals surface area (Å²) in [6.07, 6.45) is 3.19. The molecule has 2 saturated heterocycles. The number of anilines is 1. The van der Waals surface area contributed by atoms with E-state index < -0.39 is 5.79 Å². The van der Waals surface area contributed by atoms with Crippen LogP contribution in [0, 0.1) is 6.92 Å². The lowest BCUT2D eigenvalue weighted by atomic mass is 10.0. The van der Waals surface area contributed by atoms with Gasteiger partial charge in [-0.2, -0.15) is 0 Å². The van der Waals surface area contributed by atoms with E-state index >= 15 is 0 Å². The first-order valence-electron chi connectivity index (χ1n) is 9.34. The van der Waals surface area contributed by atoms with E-state index in [4.69, 9.17) is 9.47 Å². The normalized spacial score (nSPS) is 18.6. The molecule has 2 aliphatic rings. The van der Waals surface area contributed by atoms with E-state index in [2.05, 4.69) is 20.2 Å². The van der Waals surface area contributed by atoms with Gasteiger partial charge in [-0.1, -0.05) is 24.3 Å². The number of hydrogen-bond acceptors (Lipinski definition) is 6. The number of carbonyl (C=O) groups is 1. The largest absolute Gasteiger partial charge is 0.347 e. The Morgan fingerprint density at radius 3 is 2.67 bits per heavy atom. The van der Waals surface area contributed by atoms with Gasteiger partial charge in [0.1, 0.15) is 5.69 Å². The average Bonchev–Trinajstić information content (AvgIpc) is 3.16. The summed E-state index contributed by atoms with van der Waals surface area (Å²) in [7, 11) is 0. The van der Waals surface area contributed by atoms with Gasteiger partial charge in [-0.05, 0) is 24.1 Å². The van der Waals surface area contributed by atoms with Crippen molar-refractivity contribution in [2.24, 2.45) is 0 Å². The summed E-state index contributed by atoms with van der Waals surface area (Å²) in [5.41, 5.74) is 2.63. The summed E-state index contributed by atoms with van der Waals surface area (Å²) >= 11 is 0. The van der Waals surface area contributed by atoms with Crippen LogP contribution in [0.3, 0.4) is 0 Å². The van der Waals surface area contributed by atoms with Crippen LogP contribution < -0.4 is 10.2 Å². The number of aryl methyl sites for hydroxylation is 1. The zero-order valence-corrected chi connectivity index (χ0v) is 15.5. The number of aromatic nitrogens is 2. The Bertz CT molecular complexity index is 810. The van der Waals surface area contributed by atoms with Crippen LogP contribution in [0.4, 0.5) is 5.95 Å². The van der Waals surface area contributed by atoms with Crippen LogP contribution in [0.25, 0.3) is 0 Å². The number of carbonyl (C=O) groups excluding carboxylic acids is 1. The predicted molar refractivity (Wildman–Crippen MR) is 100 cm³/mol. The Labute approximate surface area is 158 Å². The zero-order valence-electron chi connectivity index (χ0n) is 15.5. The Kier molecular flexibility index (Phi) is 5.05. The molecule has 0 bridgehead atoms. The minimum Gasteiger partial charge on any atom is -0.347 e. The van der Waals surface area contributed by atoms with E-state index in [-0.39, 0.29) is 5.91 Å². The number of hydrogen-bond donors (Lipinski definition) is 1. The van der Waals surface area contributed by atoms with Crippen LogP contribution in [0.2, 0.25) is 0 Å². The van der Waals surface area contributed by atoms with Crippen molar-refractivity contribution in [2.75, 3.05) is 31.2 Å². The van der Waals surface area contributed by atoms with Gasteiger partial charge >= 0.3 is 0 Å². The molecule has 0 unspecified atom stereocenters. The number of ether oxygens (including phenoxy) is 2. The van der Waals surface area contributed by atoms with Crippen molar-refractivity contribution in [2.45, 2.75) is 32.1 Å². The van der Waals surface area contributed by atoms with Crippen molar-refractivity contribution in [1.29, 1.82) is 0 Å². The van der Waals surface area contributed by atoms with E-state index in [0.717, 1.165) is 37.1 Å². The Balaban J connectivity index is 1.39. The van der Waals surface area contributed by atoms with Crippen LogP contribution in [-0.2, 0) is 16.0 Å². The summed E-state index contributed by atoms with van der Waals surface area (Å²) in [6.45, 7) is 5.32. The van der Waals surface area contributed by atoms with Crippen molar-refractivity contribution in [1.82, 2.24) is 15.3 Å². The first kappa shape index (κ1) is 17.9. The number of nitrogens with one attached hydrogen (secondary N) is 1. The molecule has 27 heavy (non-hydrogen) atoms. The van der Waals surface area contributed by atoms with E-state index in [1.807, 2.05) is 31.2 Å². The second-order valence-electron chi connectivity index (χ2n) is 6.95. The van der Waals surface area contributed by atoms with Gasteiger partial charge in [0.2, 0.25) is 5.95 Å². The topological polar surface area (TPSA) is 76.6 Å². The lowest BCUT2D eigenvalue weighted by Crippen LogP contribution is -2.45. The second kappa shape index (κ2) is 7.62. The minimum absolute atomic E-state index is 0.196. The summed E-state index contributed by atoms with van der Waals surface area (Å²) in [5.74, 6) is -0.0526. The van der Waals surface area contributed by atoms with Crippen LogP contribution in [0.1, 0.15) is 34.5 Å². The highest BCUT2D eigenvalue weighted by atomic mass is 16.7. The van der Waals surface area contributed by atoms with Gasteiger partial charge in [-0.15, -0.1) is 0 Å². The average molecular weight is 368 g/mol. The van der Waals surface area contributed by atoms with Crippen LogP contribution >= 0.6 is 0 Å². The molecule has 2 aromatic rings. The summed E-state index contributed by atoms with van der Waals surface area (Å²) in [4.78, 5) is 23.4. The fraction of sp³-hybridized carbons (Fsp3) is 0.450. The van der Waals surface area contributed by atoms with Crippen molar-refractivity contribution < 1.29 is 14.3 Å². The van der Waals surface area contributed by atoms with E-state index in [1.165, 1.54) is 0 Å². The molecule has 1 spiro atoms. The SMILES string of the molecule is Cc1ccccc1CNC(=O)c1ccnc(N2CCC3(CC2)OCCO3)n1. The van der Waals surface area contributed by atoms with Crippen LogP contribution in [-0.4, -0.2) is 48.0 Å². The number of amides is 1. The molecule has 3 heterocycles. The fourth-order valence-corrected chi connectivity index (χ4v) is 3.53. The third-order valence-electron chi connectivity index (χ3n) is 5.20. The zero-order chi connectivity index (χ0) is 18.7. The maximum absolute atomic E-state index is 12.5. The maximum Gasteiger partial charge on any atom is 0.270 e. The quantitative estimate of drug-likeness (QED) is 0.890. The van der Waals surface area contributed by atoms with Crippen molar-refractivity contribution in [3.05, 3.63) is 53.3 Å². The molecule has 2 aliphatic heterocycles. The summed E-state index contributed by atoms with van der Waals surface area (Å²) < 4.78 is 11.5. The van der Waals surface area contributed by atoms with Gasteiger partial charge < -0.3 is 19.7 Å². The molecular formula is C20H24N4O3. The molecule has 4 rings (SSSR count). The van der Waals surface area contributed by atoms with Gasteiger partial charge in [0.25, 0.3) is 5.91 Å². The number of piperidine rings is 1. The molecule has 1 N–H and O–H groups in total. The van der Waals surface area contributed by atoms with Crippen molar-refractivity contribution in [3.8, 4) is 0 Å². The molecule has 1 amide bonds. The first-order chi connectivity index (χ1) is 13.2. The number of benzene rings is 1. The highest BCUT2D eigenvalue weighted by Gasteiger charge is 2.40. The predicted octanol–water partition coefficient (Wildman–Crippen LogP) is 2.06. The number of nitrogens with zero attached hydrogens (tertiary/aromatic N) is 3. The Hall–Kier alpha value is -2.51. The molecular weight excluding hydrogens is 344 g/mol. The van der Waals surface area contributed by atoms with Gasteiger partial charge in [0.15, 0.2) is 5.79 Å². The highest BCUT2D eigenvalue weighted by molar-refractivity contribution is 5.92. The van der Waals surface area contributed by atoms with E-state index in [1.54, 1.807) is 12.3 Å². The van der Waals surface area contributed by atoms with Gasteiger partial charge in [-0.3, -0.25) is 4.79 Å². The second-order valence-corrected chi connectivity index (χ2v) is 6.95. The smallest absolute Gasteiger partial charge is 0.270 e. The van der Waals surface area contributed by atoms with E-state index in [0.29, 0.717) is 31.4 Å². The molecule has 0 saturated carbocycles. The molecule has 7 heteroatoms. The third-order valence-corrected chi connectivity index (χ3v) is 5.20. The third kappa shape index (κ3) is 3.94. The molecule has 1 aromatic carbocycles. The standard InChI is InChI=1S/C20H24N4O3/c1-15-4-2-3-5-16(15)14-22-18(25)17-6-9-21-19(23-17)24-10-7-20(8-11-24)26-12-13-27-20/h2-6,9H,7-8,10-14H2,1H3,(H,22,25). The molecule has 142 valence electrons. The molecule has 0 aliphatic carbocycles. The fourth-order valence-electron chi connectivity index (χ4n) is 3.53. The highest BCUT2D eigenvalue weighted by Crippen LogP contribution is 2.32.